The first-order chi connectivity index (χ1) is 10.2. The van der Waals surface area contributed by atoms with Gasteiger partial charge in [0.15, 0.2) is 5.82 Å². The normalized spacial score (nSPS) is 14.0. The van der Waals surface area contributed by atoms with Gasteiger partial charge >= 0.3 is 0 Å². The molecule has 7 heteroatoms. The van der Waals surface area contributed by atoms with E-state index in [1.807, 2.05) is 10.6 Å². The van der Waals surface area contributed by atoms with Crippen molar-refractivity contribution in [3.05, 3.63) is 35.5 Å². The average molecular weight is 286 g/mol. The summed E-state index contributed by atoms with van der Waals surface area (Å²) in [6.07, 6.45) is 3.48. The van der Waals surface area contributed by atoms with Gasteiger partial charge in [-0.05, 0) is 18.6 Å². The number of carbonyl (C=O) groups is 1. The monoisotopic (exact) mass is 286 g/mol. The third kappa shape index (κ3) is 2.72. The Bertz CT molecular complexity index is 665. The molecule has 110 valence electrons. The SMILES string of the molecule is CCCc1cc(C(=O)N2CCn3cnnc3C2)cc(N)n1. The van der Waals surface area contributed by atoms with E-state index in [0.29, 0.717) is 24.5 Å². The maximum absolute atomic E-state index is 12.6. The van der Waals surface area contributed by atoms with Crippen LogP contribution in [0.1, 0.15) is 35.2 Å². The Balaban J connectivity index is 1.82. The topological polar surface area (TPSA) is 89.9 Å². The van der Waals surface area contributed by atoms with Gasteiger partial charge in [0.05, 0.1) is 6.54 Å². The summed E-state index contributed by atoms with van der Waals surface area (Å²) in [5.41, 5.74) is 7.27. The van der Waals surface area contributed by atoms with E-state index in [4.69, 9.17) is 5.73 Å². The van der Waals surface area contributed by atoms with Crippen LogP contribution >= 0.6 is 0 Å². The zero-order valence-corrected chi connectivity index (χ0v) is 12.0. The van der Waals surface area contributed by atoms with Crippen molar-refractivity contribution in [2.45, 2.75) is 32.9 Å². The lowest BCUT2D eigenvalue weighted by Gasteiger charge is -2.27. The first kappa shape index (κ1) is 13.5. The van der Waals surface area contributed by atoms with Gasteiger partial charge in [0, 0.05) is 24.3 Å². The van der Waals surface area contributed by atoms with Crippen LogP contribution in [0.4, 0.5) is 5.82 Å². The van der Waals surface area contributed by atoms with Gasteiger partial charge in [-0.1, -0.05) is 13.3 Å². The van der Waals surface area contributed by atoms with E-state index < -0.39 is 0 Å². The molecule has 0 fully saturated rings. The molecule has 1 amide bonds. The molecule has 2 N–H and O–H groups in total. The van der Waals surface area contributed by atoms with E-state index >= 15 is 0 Å². The van der Waals surface area contributed by atoms with Crippen LogP contribution in [0.5, 0.6) is 0 Å². The quantitative estimate of drug-likeness (QED) is 0.904. The standard InChI is InChI=1S/C14H18N6O/c1-2-3-11-6-10(7-12(15)17-11)14(21)19-4-5-20-9-16-18-13(20)8-19/h6-7,9H,2-5,8H2,1H3,(H2,15,17). The molecule has 21 heavy (non-hydrogen) atoms. The summed E-state index contributed by atoms with van der Waals surface area (Å²) >= 11 is 0. The minimum Gasteiger partial charge on any atom is -0.384 e. The second kappa shape index (κ2) is 5.51. The number of aryl methyl sites for hydroxylation is 1. The highest BCUT2D eigenvalue weighted by atomic mass is 16.2. The first-order valence-corrected chi connectivity index (χ1v) is 7.09. The lowest BCUT2D eigenvalue weighted by atomic mass is 10.1. The first-order valence-electron chi connectivity index (χ1n) is 7.09. The zero-order valence-electron chi connectivity index (χ0n) is 12.0. The summed E-state index contributed by atoms with van der Waals surface area (Å²) in [7, 11) is 0. The molecule has 0 spiro atoms. The van der Waals surface area contributed by atoms with E-state index in [-0.39, 0.29) is 5.91 Å². The Labute approximate surface area is 122 Å². The number of nitrogens with zero attached hydrogens (tertiary/aromatic N) is 5. The van der Waals surface area contributed by atoms with Crippen molar-refractivity contribution in [2.24, 2.45) is 0 Å². The molecule has 0 atom stereocenters. The molecular weight excluding hydrogens is 268 g/mol. The molecule has 2 aromatic rings. The van der Waals surface area contributed by atoms with Crippen molar-refractivity contribution < 1.29 is 4.79 Å². The Morgan fingerprint density at radius 3 is 3.05 bits per heavy atom. The van der Waals surface area contributed by atoms with Crippen molar-refractivity contribution in [3.8, 4) is 0 Å². The van der Waals surface area contributed by atoms with Gasteiger partial charge in [-0.25, -0.2) is 4.98 Å². The van der Waals surface area contributed by atoms with E-state index in [9.17, 15) is 4.79 Å². The number of nitrogen functional groups attached to an aromatic ring is 1. The Morgan fingerprint density at radius 2 is 2.24 bits per heavy atom. The number of hydrogen-bond donors (Lipinski definition) is 1. The molecule has 0 saturated carbocycles. The second-order valence-electron chi connectivity index (χ2n) is 5.19. The lowest BCUT2D eigenvalue weighted by Crippen LogP contribution is -2.38. The summed E-state index contributed by atoms with van der Waals surface area (Å²) in [5, 5.41) is 7.90. The number of pyridine rings is 1. The van der Waals surface area contributed by atoms with Crippen molar-refractivity contribution in [1.82, 2.24) is 24.6 Å². The number of hydrogen-bond acceptors (Lipinski definition) is 5. The predicted octanol–water partition coefficient (Wildman–Crippen LogP) is 0.864. The van der Waals surface area contributed by atoms with Gasteiger partial charge in [0.1, 0.15) is 12.1 Å². The van der Waals surface area contributed by atoms with E-state index in [1.165, 1.54) is 0 Å². The fourth-order valence-electron chi connectivity index (χ4n) is 2.54. The molecule has 0 saturated heterocycles. The van der Waals surface area contributed by atoms with E-state index in [0.717, 1.165) is 30.9 Å². The Kier molecular flexibility index (Phi) is 3.55. The third-order valence-electron chi connectivity index (χ3n) is 3.58. The fourth-order valence-corrected chi connectivity index (χ4v) is 2.54. The molecule has 1 aliphatic rings. The molecule has 0 aromatic carbocycles. The minimum absolute atomic E-state index is 0.0318. The number of nitrogens with two attached hydrogens (primary N) is 1. The van der Waals surface area contributed by atoms with Gasteiger partial charge in [0.2, 0.25) is 0 Å². The van der Waals surface area contributed by atoms with Gasteiger partial charge in [0.25, 0.3) is 5.91 Å². The van der Waals surface area contributed by atoms with Crippen molar-refractivity contribution in [3.63, 3.8) is 0 Å². The molecular formula is C14H18N6O. The highest BCUT2D eigenvalue weighted by Gasteiger charge is 2.23. The highest BCUT2D eigenvalue weighted by molar-refractivity contribution is 5.95. The van der Waals surface area contributed by atoms with Crippen LogP contribution in [0, 0.1) is 0 Å². The summed E-state index contributed by atoms with van der Waals surface area (Å²) in [6, 6.07) is 3.47. The number of amides is 1. The van der Waals surface area contributed by atoms with Gasteiger partial charge in [-0.3, -0.25) is 4.79 Å². The summed E-state index contributed by atoms with van der Waals surface area (Å²) in [6.45, 7) is 3.92. The second-order valence-corrected chi connectivity index (χ2v) is 5.19. The van der Waals surface area contributed by atoms with E-state index in [1.54, 1.807) is 17.3 Å². The third-order valence-corrected chi connectivity index (χ3v) is 3.58. The number of rotatable bonds is 3. The Morgan fingerprint density at radius 1 is 1.38 bits per heavy atom. The summed E-state index contributed by atoms with van der Waals surface area (Å²) in [4.78, 5) is 18.7. The van der Waals surface area contributed by atoms with Crippen LogP contribution in [0.3, 0.4) is 0 Å². The summed E-state index contributed by atoms with van der Waals surface area (Å²) < 4.78 is 1.97. The average Bonchev–Trinajstić information content (AvgIpc) is 2.93. The minimum atomic E-state index is -0.0318. The number of carbonyl (C=O) groups excluding carboxylic acids is 1. The molecule has 0 unspecified atom stereocenters. The molecule has 1 aliphatic heterocycles. The highest BCUT2D eigenvalue weighted by Crippen LogP contribution is 2.16. The molecule has 7 nitrogen and oxygen atoms in total. The van der Waals surface area contributed by atoms with Crippen LogP contribution in [0.2, 0.25) is 0 Å². The fraction of sp³-hybridized carbons (Fsp3) is 0.429. The number of anilines is 1. The maximum Gasteiger partial charge on any atom is 0.254 e. The molecule has 0 bridgehead atoms. The van der Waals surface area contributed by atoms with Crippen LogP contribution in [-0.2, 0) is 19.5 Å². The molecule has 0 radical (unpaired) electrons. The van der Waals surface area contributed by atoms with E-state index in [2.05, 4.69) is 22.1 Å². The van der Waals surface area contributed by atoms with Crippen molar-refractivity contribution in [2.75, 3.05) is 12.3 Å². The van der Waals surface area contributed by atoms with Crippen molar-refractivity contribution >= 4 is 11.7 Å². The molecule has 3 heterocycles. The largest absolute Gasteiger partial charge is 0.384 e. The lowest BCUT2D eigenvalue weighted by molar-refractivity contribution is 0.0707. The number of aromatic nitrogens is 4. The Hall–Kier alpha value is -2.44. The predicted molar refractivity (Wildman–Crippen MR) is 77.4 cm³/mol. The number of fused-ring (bicyclic) bond motifs is 1. The molecule has 3 rings (SSSR count). The van der Waals surface area contributed by atoms with Gasteiger partial charge in [-0.15, -0.1) is 10.2 Å². The van der Waals surface area contributed by atoms with Crippen LogP contribution in [0.15, 0.2) is 18.5 Å². The van der Waals surface area contributed by atoms with Crippen LogP contribution in [0.25, 0.3) is 0 Å². The van der Waals surface area contributed by atoms with Crippen LogP contribution < -0.4 is 5.73 Å². The van der Waals surface area contributed by atoms with Crippen LogP contribution in [-0.4, -0.2) is 37.1 Å². The van der Waals surface area contributed by atoms with Crippen molar-refractivity contribution in [1.29, 1.82) is 0 Å². The molecule has 0 aliphatic carbocycles. The summed E-state index contributed by atoms with van der Waals surface area (Å²) in [5.74, 6) is 1.17. The van der Waals surface area contributed by atoms with Gasteiger partial charge in [-0.2, -0.15) is 0 Å². The smallest absolute Gasteiger partial charge is 0.254 e. The maximum atomic E-state index is 12.6. The zero-order chi connectivity index (χ0) is 14.8. The van der Waals surface area contributed by atoms with Gasteiger partial charge < -0.3 is 15.2 Å². The molecule has 2 aromatic heterocycles.